The van der Waals surface area contributed by atoms with Crippen molar-refractivity contribution in [1.29, 1.82) is 0 Å². The third-order valence-corrected chi connectivity index (χ3v) is 5.40. The van der Waals surface area contributed by atoms with Crippen LogP contribution in [0.2, 0.25) is 5.02 Å². The maximum atomic E-state index is 12.9. The van der Waals surface area contributed by atoms with E-state index in [0.717, 1.165) is 12.0 Å². The maximum absolute atomic E-state index is 12.9. The molecule has 2 N–H and O–H groups in total. The van der Waals surface area contributed by atoms with Gasteiger partial charge in [-0.25, -0.2) is 0 Å². The van der Waals surface area contributed by atoms with Gasteiger partial charge < -0.3 is 15.5 Å². The molecule has 30 heavy (non-hydrogen) atoms. The third-order valence-electron chi connectivity index (χ3n) is 5.10. The molecule has 1 unspecified atom stereocenters. The van der Waals surface area contributed by atoms with E-state index in [0.29, 0.717) is 34.9 Å². The van der Waals surface area contributed by atoms with Crippen LogP contribution >= 0.6 is 11.6 Å². The van der Waals surface area contributed by atoms with E-state index in [1.54, 1.807) is 35.2 Å². The zero-order valence-electron chi connectivity index (χ0n) is 17.4. The van der Waals surface area contributed by atoms with Gasteiger partial charge in [0.25, 0.3) is 5.91 Å². The number of anilines is 2. The summed E-state index contributed by atoms with van der Waals surface area (Å²) in [4.78, 5) is 39.1. The van der Waals surface area contributed by atoms with Gasteiger partial charge in [-0.05, 0) is 49.6 Å². The molecule has 7 heteroatoms. The molecular formula is C23H26ClN3O3. The van der Waals surface area contributed by atoms with Gasteiger partial charge >= 0.3 is 0 Å². The van der Waals surface area contributed by atoms with Crippen molar-refractivity contribution in [3.8, 4) is 0 Å². The van der Waals surface area contributed by atoms with Crippen molar-refractivity contribution < 1.29 is 14.4 Å². The molecule has 2 aromatic carbocycles. The SMILES string of the molecule is Cc1cccc(C(=O)NC(C(=O)Nc2ccc(N3CCCC3=O)c(Cl)c2)C(C)C)c1. The fourth-order valence-electron chi connectivity index (χ4n) is 3.47. The van der Waals surface area contributed by atoms with Gasteiger partial charge in [0.15, 0.2) is 0 Å². The maximum Gasteiger partial charge on any atom is 0.251 e. The van der Waals surface area contributed by atoms with Crippen LogP contribution in [0.25, 0.3) is 0 Å². The lowest BCUT2D eigenvalue weighted by atomic mass is 10.0. The summed E-state index contributed by atoms with van der Waals surface area (Å²) in [5, 5.41) is 6.04. The molecule has 0 saturated carbocycles. The van der Waals surface area contributed by atoms with Crippen LogP contribution in [-0.4, -0.2) is 30.3 Å². The molecule has 0 bridgehead atoms. The van der Waals surface area contributed by atoms with E-state index >= 15 is 0 Å². The molecular weight excluding hydrogens is 402 g/mol. The molecule has 6 nitrogen and oxygen atoms in total. The number of hydrogen-bond donors (Lipinski definition) is 2. The van der Waals surface area contributed by atoms with Gasteiger partial charge in [0.2, 0.25) is 11.8 Å². The molecule has 2 aromatic rings. The number of carbonyl (C=O) groups excluding carboxylic acids is 3. The summed E-state index contributed by atoms with van der Waals surface area (Å²) >= 11 is 6.36. The second-order valence-corrected chi connectivity index (χ2v) is 8.28. The number of benzene rings is 2. The van der Waals surface area contributed by atoms with Crippen LogP contribution in [0, 0.1) is 12.8 Å². The molecule has 1 heterocycles. The van der Waals surface area contributed by atoms with Gasteiger partial charge in [-0.2, -0.15) is 0 Å². The Morgan fingerprint density at radius 2 is 1.90 bits per heavy atom. The summed E-state index contributed by atoms with van der Waals surface area (Å²) < 4.78 is 0. The summed E-state index contributed by atoms with van der Waals surface area (Å²) in [6.45, 7) is 6.29. The molecule has 1 aliphatic rings. The summed E-state index contributed by atoms with van der Waals surface area (Å²) in [7, 11) is 0. The number of nitrogens with one attached hydrogen (secondary N) is 2. The second-order valence-electron chi connectivity index (χ2n) is 7.87. The van der Waals surface area contributed by atoms with Gasteiger partial charge in [-0.15, -0.1) is 0 Å². The Balaban J connectivity index is 1.71. The van der Waals surface area contributed by atoms with Crippen LogP contribution in [-0.2, 0) is 9.59 Å². The van der Waals surface area contributed by atoms with Gasteiger partial charge in [0, 0.05) is 24.2 Å². The number of halogens is 1. The van der Waals surface area contributed by atoms with E-state index in [-0.39, 0.29) is 23.6 Å². The van der Waals surface area contributed by atoms with Gasteiger partial charge in [-0.1, -0.05) is 43.1 Å². The van der Waals surface area contributed by atoms with Crippen molar-refractivity contribution in [3.63, 3.8) is 0 Å². The predicted octanol–water partition coefficient (Wildman–Crippen LogP) is 4.17. The number of nitrogens with zero attached hydrogens (tertiary/aromatic N) is 1. The number of aryl methyl sites for hydroxylation is 1. The average Bonchev–Trinajstić information content (AvgIpc) is 3.11. The Kier molecular flexibility index (Phi) is 6.77. The summed E-state index contributed by atoms with van der Waals surface area (Å²) in [6.07, 6.45) is 1.33. The third kappa shape index (κ3) is 5.00. The van der Waals surface area contributed by atoms with Crippen LogP contribution in [0.15, 0.2) is 42.5 Å². The molecule has 3 rings (SSSR count). The zero-order valence-corrected chi connectivity index (χ0v) is 18.1. The van der Waals surface area contributed by atoms with Gasteiger partial charge in [0.05, 0.1) is 10.7 Å². The number of carbonyl (C=O) groups is 3. The quantitative estimate of drug-likeness (QED) is 0.726. The highest BCUT2D eigenvalue weighted by atomic mass is 35.5. The molecule has 1 aliphatic heterocycles. The number of hydrogen-bond acceptors (Lipinski definition) is 3. The fraction of sp³-hybridized carbons (Fsp3) is 0.348. The topological polar surface area (TPSA) is 78.5 Å². The zero-order chi connectivity index (χ0) is 21.8. The lowest BCUT2D eigenvalue weighted by Crippen LogP contribution is -2.47. The standard InChI is InChI=1S/C23H26ClN3O3/c1-14(2)21(26-22(29)16-7-4-6-15(3)12-16)23(30)25-17-9-10-19(18(24)13-17)27-11-5-8-20(27)28/h4,6-7,9-10,12-14,21H,5,8,11H2,1-3H3,(H,25,30)(H,26,29). The van der Waals surface area contributed by atoms with E-state index in [2.05, 4.69) is 10.6 Å². The predicted molar refractivity (Wildman–Crippen MR) is 119 cm³/mol. The largest absolute Gasteiger partial charge is 0.340 e. The molecule has 1 fully saturated rings. The molecule has 0 aromatic heterocycles. The number of amides is 3. The van der Waals surface area contributed by atoms with Crippen LogP contribution in [0.1, 0.15) is 42.6 Å². The van der Waals surface area contributed by atoms with Crippen molar-refractivity contribution in [2.75, 3.05) is 16.8 Å². The highest BCUT2D eigenvalue weighted by Gasteiger charge is 2.26. The first-order chi connectivity index (χ1) is 14.3. The van der Waals surface area contributed by atoms with Crippen molar-refractivity contribution in [1.82, 2.24) is 5.32 Å². The normalized spacial score (nSPS) is 14.7. The average molecular weight is 428 g/mol. The molecule has 1 saturated heterocycles. The summed E-state index contributed by atoms with van der Waals surface area (Å²) in [6, 6.07) is 11.6. The highest BCUT2D eigenvalue weighted by Crippen LogP contribution is 2.31. The van der Waals surface area contributed by atoms with Gasteiger partial charge in [-0.3, -0.25) is 14.4 Å². The molecule has 1 atom stereocenters. The minimum absolute atomic E-state index is 0.0485. The van der Waals surface area contributed by atoms with Crippen LogP contribution in [0.3, 0.4) is 0 Å². The van der Waals surface area contributed by atoms with Crippen molar-refractivity contribution in [2.24, 2.45) is 5.92 Å². The number of rotatable bonds is 6. The van der Waals surface area contributed by atoms with E-state index in [1.807, 2.05) is 32.9 Å². The fourth-order valence-corrected chi connectivity index (χ4v) is 3.75. The Morgan fingerprint density at radius 1 is 1.13 bits per heavy atom. The molecule has 0 aliphatic carbocycles. The Labute approximate surface area is 181 Å². The summed E-state index contributed by atoms with van der Waals surface area (Å²) in [5.41, 5.74) is 2.64. The van der Waals surface area contributed by atoms with Crippen LogP contribution in [0.5, 0.6) is 0 Å². The minimum Gasteiger partial charge on any atom is -0.340 e. The first kappa shape index (κ1) is 21.8. The summed E-state index contributed by atoms with van der Waals surface area (Å²) in [5.74, 6) is -0.691. The molecule has 158 valence electrons. The Morgan fingerprint density at radius 3 is 2.50 bits per heavy atom. The minimum atomic E-state index is -0.711. The van der Waals surface area contributed by atoms with E-state index in [4.69, 9.17) is 11.6 Å². The first-order valence-corrected chi connectivity index (χ1v) is 10.4. The molecule has 0 radical (unpaired) electrons. The lowest BCUT2D eigenvalue weighted by molar-refractivity contribution is -0.119. The van der Waals surface area contributed by atoms with E-state index < -0.39 is 6.04 Å². The highest BCUT2D eigenvalue weighted by molar-refractivity contribution is 6.34. The van der Waals surface area contributed by atoms with Crippen molar-refractivity contribution >= 4 is 40.7 Å². The lowest BCUT2D eigenvalue weighted by Gasteiger charge is -2.22. The van der Waals surface area contributed by atoms with Crippen LogP contribution in [0.4, 0.5) is 11.4 Å². The second kappa shape index (κ2) is 9.30. The molecule has 0 spiro atoms. The first-order valence-electron chi connectivity index (χ1n) is 10.0. The monoisotopic (exact) mass is 427 g/mol. The molecule has 3 amide bonds. The van der Waals surface area contributed by atoms with Crippen LogP contribution < -0.4 is 15.5 Å². The van der Waals surface area contributed by atoms with Crippen molar-refractivity contribution in [2.45, 2.75) is 39.7 Å². The Bertz CT molecular complexity index is 974. The Hall–Kier alpha value is -2.86. The van der Waals surface area contributed by atoms with Gasteiger partial charge in [0.1, 0.15) is 6.04 Å². The van der Waals surface area contributed by atoms with E-state index in [9.17, 15) is 14.4 Å². The smallest absolute Gasteiger partial charge is 0.251 e. The van der Waals surface area contributed by atoms with E-state index in [1.165, 1.54) is 0 Å². The van der Waals surface area contributed by atoms with Crippen molar-refractivity contribution in [3.05, 3.63) is 58.6 Å².